The summed E-state index contributed by atoms with van der Waals surface area (Å²) in [5.74, 6) is -2.16. The van der Waals surface area contributed by atoms with Crippen LogP contribution in [0.3, 0.4) is 0 Å². The molecule has 0 aliphatic heterocycles. The van der Waals surface area contributed by atoms with Crippen molar-refractivity contribution in [2.75, 3.05) is 13.2 Å². The van der Waals surface area contributed by atoms with Crippen molar-refractivity contribution in [3.63, 3.8) is 0 Å². The van der Waals surface area contributed by atoms with Crippen LogP contribution in [0, 0.1) is 5.92 Å². The number of hydrogen-bond donors (Lipinski definition) is 3. The number of Topliss-reactive ketones (excluding diaryl/α,β-unsaturated/α-hetero) is 1. The van der Waals surface area contributed by atoms with Gasteiger partial charge in [-0.1, -0.05) is 42.8 Å². The van der Waals surface area contributed by atoms with Crippen LogP contribution in [0.25, 0.3) is 6.08 Å². The molecule has 0 radical (unpaired) electrons. The summed E-state index contributed by atoms with van der Waals surface area (Å²) in [5, 5.41) is 5.62. The quantitative estimate of drug-likeness (QED) is 0.234. The highest BCUT2D eigenvalue weighted by molar-refractivity contribution is 5.98. The van der Waals surface area contributed by atoms with Crippen molar-refractivity contribution >= 4 is 29.6 Å². The van der Waals surface area contributed by atoms with Gasteiger partial charge in [0.1, 0.15) is 6.04 Å². The first kappa shape index (κ1) is 26.7. The number of carbonyl (C=O) groups is 4. The van der Waals surface area contributed by atoms with Crippen molar-refractivity contribution in [2.45, 2.75) is 44.2 Å². The normalized spacial score (nSPS) is 17.9. The maximum absolute atomic E-state index is 13.0. The molecule has 1 aromatic carbocycles. The molecule has 0 bridgehead atoms. The molecule has 0 saturated heterocycles. The monoisotopic (exact) mass is 492 g/mol. The molecule has 0 spiro atoms. The van der Waals surface area contributed by atoms with Crippen molar-refractivity contribution in [3.05, 3.63) is 72.1 Å². The lowest BCUT2D eigenvalue weighted by Gasteiger charge is -2.23. The van der Waals surface area contributed by atoms with E-state index in [9.17, 15) is 19.2 Å². The van der Waals surface area contributed by atoms with Gasteiger partial charge in [0, 0.05) is 23.9 Å². The molecular formula is C27H32N4O5. The van der Waals surface area contributed by atoms with E-state index in [1.165, 1.54) is 6.08 Å². The van der Waals surface area contributed by atoms with Crippen LogP contribution < -0.4 is 16.4 Å². The lowest BCUT2D eigenvalue weighted by molar-refractivity contribution is -0.148. The predicted molar refractivity (Wildman–Crippen MR) is 134 cm³/mol. The zero-order valence-corrected chi connectivity index (χ0v) is 20.1. The van der Waals surface area contributed by atoms with Crippen LogP contribution in [0.4, 0.5) is 0 Å². The van der Waals surface area contributed by atoms with E-state index in [1.807, 2.05) is 6.07 Å². The number of nitrogens with one attached hydrogen (secondary N) is 2. The average Bonchev–Trinajstić information content (AvgIpc) is 3.37. The Labute approximate surface area is 210 Å². The van der Waals surface area contributed by atoms with Gasteiger partial charge >= 0.3 is 5.97 Å². The third-order valence-corrected chi connectivity index (χ3v) is 6.01. The van der Waals surface area contributed by atoms with Crippen molar-refractivity contribution in [1.29, 1.82) is 0 Å². The van der Waals surface area contributed by atoms with E-state index in [2.05, 4.69) is 15.6 Å². The highest BCUT2D eigenvalue weighted by atomic mass is 16.5. The third kappa shape index (κ3) is 8.13. The van der Waals surface area contributed by atoms with E-state index in [0.29, 0.717) is 43.5 Å². The van der Waals surface area contributed by atoms with E-state index in [1.54, 1.807) is 54.7 Å². The van der Waals surface area contributed by atoms with Crippen molar-refractivity contribution < 1.29 is 23.9 Å². The Bertz CT molecular complexity index is 1060. The van der Waals surface area contributed by atoms with E-state index >= 15 is 0 Å². The maximum atomic E-state index is 13.0. The SMILES string of the molecule is NCCC[C@H](NC(=O)/C=C/c1ccccn1)C(=O)N[C@H]1CCC[C@H]1C(=O)OCC(=O)c1ccccc1. The average molecular weight is 493 g/mol. The van der Waals surface area contributed by atoms with Gasteiger partial charge in [-0.3, -0.25) is 24.2 Å². The lowest BCUT2D eigenvalue weighted by atomic mass is 10.0. The van der Waals surface area contributed by atoms with E-state index in [-0.39, 0.29) is 18.3 Å². The van der Waals surface area contributed by atoms with Crippen LogP contribution in [-0.4, -0.2) is 53.8 Å². The van der Waals surface area contributed by atoms with Crippen molar-refractivity contribution in [2.24, 2.45) is 11.7 Å². The van der Waals surface area contributed by atoms with Crippen LogP contribution in [0.5, 0.6) is 0 Å². The summed E-state index contributed by atoms with van der Waals surface area (Å²) in [6.07, 6.45) is 7.31. The summed E-state index contributed by atoms with van der Waals surface area (Å²) >= 11 is 0. The zero-order valence-electron chi connectivity index (χ0n) is 20.1. The Morgan fingerprint density at radius 2 is 1.86 bits per heavy atom. The Morgan fingerprint density at radius 1 is 1.08 bits per heavy atom. The fourth-order valence-corrected chi connectivity index (χ4v) is 4.10. The molecule has 1 aromatic heterocycles. The number of hydrogen-bond acceptors (Lipinski definition) is 7. The maximum Gasteiger partial charge on any atom is 0.311 e. The Kier molecular flexibility index (Phi) is 10.3. The number of esters is 1. The number of benzene rings is 1. The van der Waals surface area contributed by atoms with Crippen molar-refractivity contribution in [3.8, 4) is 0 Å². The van der Waals surface area contributed by atoms with E-state index in [4.69, 9.17) is 10.5 Å². The van der Waals surface area contributed by atoms with Crippen LogP contribution in [-0.2, 0) is 19.1 Å². The number of ketones is 1. The molecule has 9 heteroatoms. The second-order valence-electron chi connectivity index (χ2n) is 8.63. The van der Waals surface area contributed by atoms with Gasteiger partial charge in [-0.25, -0.2) is 0 Å². The largest absolute Gasteiger partial charge is 0.457 e. The molecule has 2 amide bonds. The minimum atomic E-state index is -0.800. The molecule has 36 heavy (non-hydrogen) atoms. The van der Waals surface area contributed by atoms with Crippen LogP contribution in [0.2, 0.25) is 0 Å². The molecule has 1 aliphatic carbocycles. The number of rotatable bonds is 12. The van der Waals surface area contributed by atoms with Gasteiger partial charge in [0.25, 0.3) is 0 Å². The number of amides is 2. The molecule has 1 fully saturated rings. The van der Waals surface area contributed by atoms with Gasteiger partial charge in [0.05, 0.1) is 11.6 Å². The predicted octanol–water partition coefficient (Wildman–Crippen LogP) is 2.03. The molecule has 3 rings (SSSR count). The molecule has 3 atom stereocenters. The summed E-state index contributed by atoms with van der Waals surface area (Å²) in [6.45, 7) is 0.0229. The molecule has 9 nitrogen and oxygen atoms in total. The zero-order chi connectivity index (χ0) is 25.8. The minimum absolute atomic E-state index is 0.286. The second kappa shape index (κ2) is 13.9. The number of carbonyl (C=O) groups excluding carboxylic acids is 4. The summed E-state index contributed by atoms with van der Waals surface area (Å²) in [4.78, 5) is 54.5. The second-order valence-corrected chi connectivity index (χ2v) is 8.63. The first-order valence-electron chi connectivity index (χ1n) is 12.1. The van der Waals surface area contributed by atoms with Crippen LogP contribution in [0.1, 0.15) is 48.2 Å². The fourth-order valence-electron chi connectivity index (χ4n) is 4.10. The van der Waals surface area contributed by atoms with E-state index < -0.39 is 29.9 Å². The third-order valence-electron chi connectivity index (χ3n) is 6.01. The van der Waals surface area contributed by atoms with Crippen LogP contribution >= 0.6 is 0 Å². The van der Waals surface area contributed by atoms with Gasteiger partial charge in [0.15, 0.2) is 12.4 Å². The topological polar surface area (TPSA) is 140 Å². The minimum Gasteiger partial charge on any atom is -0.457 e. The first-order chi connectivity index (χ1) is 17.5. The molecule has 2 aromatic rings. The number of aromatic nitrogens is 1. The van der Waals surface area contributed by atoms with Gasteiger partial charge in [-0.05, 0) is 50.4 Å². The molecular weight excluding hydrogens is 460 g/mol. The fraction of sp³-hybridized carbons (Fsp3) is 0.370. The van der Waals surface area contributed by atoms with Gasteiger partial charge in [-0.2, -0.15) is 0 Å². The highest BCUT2D eigenvalue weighted by Crippen LogP contribution is 2.27. The molecule has 190 valence electrons. The molecule has 1 heterocycles. The van der Waals surface area contributed by atoms with E-state index in [0.717, 1.165) is 6.42 Å². The Morgan fingerprint density at radius 3 is 2.58 bits per heavy atom. The van der Waals surface area contributed by atoms with Gasteiger partial charge in [0.2, 0.25) is 11.8 Å². The van der Waals surface area contributed by atoms with Crippen LogP contribution in [0.15, 0.2) is 60.8 Å². The van der Waals surface area contributed by atoms with Gasteiger partial charge < -0.3 is 21.1 Å². The number of ether oxygens (including phenoxy) is 1. The molecule has 1 aliphatic rings. The smallest absolute Gasteiger partial charge is 0.311 e. The number of nitrogens with two attached hydrogens (primary N) is 1. The Hall–Kier alpha value is -3.85. The highest BCUT2D eigenvalue weighted by Gasteiger charge is 2.36. The summed E-state index contributed by atoms with van der Waals surface area (Å²) in [6, 6.07) is 12.7. The number of pyridine rings is 1. The molecule has 0 unspecified atom stereocenters. The van der Waals surface area contributed by atoms with Crippen molar-refractivity contribution in [1.82, 2.24) is 15.6 Å². The number of nitrogens with zero attached hydrogens (tertiary/aromatic N) is 1. The summed E-state index contributed by atoms with van der Waals surface area (Å²) < 4.78 is 5.28. The first-order valence-corrected chi connectivity index (χ1v) is 12.1. The standard InChI is InChI=1S/C27H32N4O5/c28-16-7-13-23(30-25(33)15-14-20-10-4-5-17-29-20)26(34)31-22-12-6-11-21(22)27(35)36-18-24(32)19-8-2-1-3-9-19/h1-5,8-10,14-15,17,21-23H,6-7,11-13,16,18,28H2,(H,30,33)(H,31,34)/b15-14+/t21-,22+,23+/m1/s1. The molecule has 4 N–H and O–H groups in total. The lowest BCUT2D eigenvalue weighted by Crippen LogP contribution is -2.51. The Balaban J connectivity index is 1.55. The molecule has 1 saturated carbocycles. The summed E-state index contributed by atoms with van der Waals surface area (Å²) in [7, 11) is 0. The summed E-state index contributed by atoms with van der Waals surface area (Å²) in [5.41, 5.74) is 6.70. The van der Waals surface area contributed by atoms with Gasteiger partial charge in [-0.15, -0.1) is 0 Å².